The van der Waals surface area contributed by atoms with Crippen molar-refractivity contribution in [2.75, 3.05) is 5.73 Å². The van der Waals surface area contributed by atoms with Crippen LogP contribution in [0.3, 0.4) is 0 Å². The van der Waals surface area contributed by atoms with Crippen molar-refractivity contribution in [2.45, 2.75) is 6.92 Å². The molecule has 1 aromatic heterocycles. The molecular formula is C11H10ClN3. The van der Waals surface area contributed by atoms with Crippen molar-refractivity contribution in [2.24, 2.45) is 0 Å². The molecule has 0 spiro atoms. The van der Waals surface area contributed by atoms with Gasteiger partial charge in [0.15, 0.2) is 0 Å². The van der Waals surface area contributed by atoms with E-state index >= 15 is 0 Å². The quantitative estimate of drug-likeness (QED) is 0.802. The third kappa shape index (κ3) is 2.07. The van der Waals surface area contributed by atoms with Crippen molar-refractivity contribution in [3.8, 4) is 11.3 Å². The fourth-order valence-electron chi connectivity index (χ4n) is 1.38. The van der Waals surface area contributed by atoms with Gasteiger partial charge >= 0.3 is 0 Å². The Labute approximate surface area is 92.9 Å². The van der Waals surface area contributed by atoms with Crippen molar-refractivity contribution in [1.29, 1.82) is 0 Å². The van der Waals surface area contributed by atoms with Gasteiger partial charge in [0.05, 0.1) is 5.69 Å². The zero-order chi connectivity index (χ0) is 10.8. The number of nitrogens with zero attached hydrogens (tertiary/aromatic N) is 2. The Morgan fingerprint density at radius 3 is 2.87 bits per heavy atom. The number of anilines is 1. The lowest BCUT2D eigenvalue weighted by Crippen LogP contribution is -1.98. The van der Waals surface area contributed by atoms with Crippen molar-refractivity contribution < 1.29 is 0 Å². The zero-order valence-electron chi connectivity index (χ0n) is 8.24. The number of hydrogen-bond donors (Lipinski definition) is 1. The van der Waals surface area contributed by atoms with E-state index in [2.05, 4.69) is 9.97 Å². The van der Waals surface area contributed by atoms with E-state index in [1.54, 1.807) is 6.20 Å². The normalized spacial score (nSPS) is 10.3. The maximum atomic E-state index is 5.91. The van der Waals surface area contributed by atoms with E-state index in [1.165, 1.54) is 0 Å². The van der Waals surface area contributed by atoms with Crippen molar-refractivity contribution in [1.82, 2.24) is 9.97 Å². The van der Waals surface area contributed by atoms with Crippen LogP contribution < -0.4 is 5.73 Å². The standard InChI is InChI=1S/C11H10ClN3/c1-7-6-14-11(13)15-10(7)8-3-2-4-9(12)5-8/h2-6H,1H3,(H2,13,14,15). The van der Waals surface area contributed by atoms with Gasteiger partial charge in [-0.3, -0.25) is 0 Å². The maximum Gasteiger partial charge on any atom is 0.220 e. The SMILES string of the molecule is Cc1cnc(N)nc1-c1cccc(Cl)c1. The summed E-state index contributed by atoms with van der Waals surface area (Å²) in [7, 11) is 0. The molecule has 76 valence electrons. The van der Waals surface area contributed by atoms with Gasteiger partial charge in [-0.15, -0.1) is 0 Å². The molecule has 0 amide bonds. The molecule has 0 aliphatic rings. The number of nitrogens with two attached hydrogens (primary N) is 1. The Morgan fingerprint density at radius 1 is 1.33 bits per heavy atom. The predicted octanol–water partition coefficient (Wildman–Crippen LogP) is 2.69. The van der Waals surface area contributed by atoms with Crippen LogP contribution >= 0.6 is 11.6 Å². The van der Waals surface area contributed by atoms with E-state index < -0.39 is 0 Å². The van der Waals surface area contributed by atoms with Gasteiger partial charge in [0.2, 0.25) is 5.95 Å². The highest BCUT2D eigenvalue weighted by atomic mass is 35.5. The minimum atomic E-state index is 0.274. The molecule has 0 aliphatic carbocycles. The first-order valence-electron chi connectivity index (χ1n) is 4.52. The molecule has 2 rings (SSSR count). The van der Waals surface area contributed by atoms with Crippen LogP contribution in [-0.2, 0) is 0 Å². The fraction of sp³-hybridized carbons (Fsp3) is 0.0909. The average Bonchev–Trinajstić information content (AvgIpc) is 2.22. The minimum Gasteiger partial charge on any atom is -0.368 e. The van der Waals surface area contributed by atoms with Gasteiger partial charge in [0, 0.05) is 16.8 Å². The second-order valence-electron chi connectivity index (χ2n) is 3.27. The second kappa shape index (κ2) is 3.87. The van der Waals surface area contributed by atoms with Crippen LogP contribution in [0, 0.1) is 6.92 Å². The summed E-state index contributed by atoms with van der Waals surface area (Å²) in [4.78, 5) is 8.11. The van der Waals surface area contributed by atoms with Crippen molar-refractivity contribution >= 4 is 17.5 Å². The largest absolute Gasteiger partial charge is 0.368 e. The number of halogens is 1. The molecule has 2 aromatic rings. The predicted molar refractivity (Wildman–Crippen MR) is 61.6 cm³/mol. The highest BCUT2D eigenvalue weighted by molar-refractivity contribution is 6.30. The first-order chi connectivity index (χ1) is 7.16. The highest BCUT2D eigenvalue weighted by Crippen LogP contribution is 2.23. The molecule has 0 saturated carbocycles. The van der Waals surface area contributed by atoms with Crippen molar-refractivity contribution in [3.63, 3.8) is 0 Å². The molecule has 1 heterocycles. The lowest BCUT2D eigenvalue weighted by molar-refractivity contribution is 1.15. The van der Waals surface area contributed by atoms with E-state index in [1.807, 2.05) is 31.2 Å². The third-order valence-electron chi connectivity index (χ3n) is 2.09. The third-order valence-corrected chi connectivity index (χ3v) is 2.32. The maximum absolute atomic E-state index is 5.91. The van der Waals surface area contributed by atoms with Crippen LogP contribution in [0.1, 0.15) is 5.56 Å². The molecule has 0 fully saturated rings. The molecule has 4 heteroatoms. The monoisotopic (exact) mass is 219 g/mol. The van der Waals surface area contributed by atoms with Gasteiger partial charge < -0.3 is 5.73 Å². The highest BCUT2D eigenvalue weighted by Gasteiger charge is 2.05. The van der Waals surface area contributed by atoms with Crippen LogP contribution in [0.5, 0.6) is 0 Å². The Balaban J connectivity index is 2.58. The number of aromatic nitrogens is 2. The lowest BCUT2D eigenvalue weighted by Gasteiger charge is -2.05. The number of nitrogen functional groups attached to an aromatic ring is 1. The van der Waals surface area contributed by atoms with E-state index in [4.69, 9.17) is 17.3 Å². The lowest BCUT2D eigenvalue weighted by atomic mass is 10.1. The van der Waals surface area contributed by atoms with Crippen LogP contribution in [0.4, 0.5) is 5.95 Å². The Kier molecular flexibility index (Phi) is 2.56. The molecular weight excluding hydrogens is 210 g/mol. The first-order valence-corrected chi connectivity index (χ1v) is 4.89. The van der Waals surface area contributed by atoms with Gasteiger partial charge in [0.1, 0.15) is 0 Å². The van der Waals surface area contributed by atoms with Crippen LogP contribution in [0.15, 0.2) is 30.5 Å². The van der Waals surface area contributed by atoms with Gasteiger partial charge in [0.25, 0.3) is 0 Å². The molecule has 0 saturated heterocycles. The first kappa shape index (κ1) is 9.93. The topological polar surface area (TPSA) is 51.8 Å². The molecule has 0 aliphatic heterocycles. The van der Waals surface area contributed by atoms with E-state index in [0.29, 0.717) is 5.02 Å². The molecule has 3 nitrogen and oxygen atoms in total. The molecule has 1 aromatic carbocycles. The minimum absolute atomic E-state index is 0.274. The van der Waals surface area contributed by atoms with Gasteiger partial charge in [-0.25, -0.2) is 9.97 Å². The summed E-state index contributed by atoms with van der Waals surface area (Å²) in [6.07, 6.45) is 1.71. The number of benzene rings is 1. The molecule has 0 atom stereocenters. The summed E-state index contributed by atoms with van der Waals surface area (Å²) in [5, 5.41) is 0.684. The number of hydrogen-bond acceptors (Lipinski definition) is 3. The van der Waals surface area contributed by atoms with E-state index in [0.717, 1.165) is 16.8 Å². The molecule has 2 N–H and O–H groups in total. The Bertz CT molecular complexity index is 497. The van der Waals surface area contributed by atoms with Gasteiger partial charge in [-0.05, 0) is 24.6 Å². The fourth-order valence-corrected chi connectivity index (χ4v) is 1.57. The number of rotatable bonds is 1. The van der Waals surface area contributed by atoms with Crippen LogP contribution in [0.2, 0.25) is 5.02 Å². The zero-order valence-corrected chi connectivity index (χ0v) is 8.99. The Hall–Kier alpha value is -1.61. The smallest absolute Gasteiger partial charge is 0.220 e. The second-order valence-corrected chi connectivity index (χ2v) is 3.71. The molecule has 15 heavy (non-hydrogen) atoms. The molecule has 0 unspecified atom stereocenters. The summed E-state index contributed by atoms with van der Waals surface area (Å²) in [5.74, 6) is 0.274. The summed E-state index contributed by atoms with van der Waals surface area (Å²) in [6.45, 7) is 1.94. The molecule has 0 radical (unpaired) electrons. The van der Waals surface area contributed by atoms with Crippen molar-refractivity contribution in [3.05, 3.63) is 41.0 Å². The van der Waals surface area contributed by atoms with Crippen LogP contribution in [-0.4, -0.2) is 9.97 Å². The average molecular weight is 220 g/mol. The summed E-state index contributed by atoms with van der Waals surface area (Å²) < 4.78 is 0. The van der Waals surface area contributed by atoms with Gasteiger partial charge in [-0.1, -0.05) is 23.7 Å². The summed E-state index contributed by atoms with van der Waals surface area (Å²) >= 11 is 5.91. The van der Waals surface area contributed by atoms with E-state index in [-0.39, 0.29) is 5.95 Å². The van der Waals surface area contributed by atoms with Crippen LogP contribution in [0.25, 0.3) is 11.3 Å². The van der Waals surface area contributed by atoms with Gasteiger partial charge in [-0.2, -0.15) is 0 Å². The number of aryl methyl sites for hydroxylation is 1. The molecule has 0 bridgehead atoms. The van der Waals surface area contributed by atoms with E-state index in [9.17, 15) is 0 Å². The summed E-state index contributed by atoms with van der Waals surface area (Å²) in [5.41, 5.74) is 8.30. The summed E-state index contributed by atoms with van der Waals surface area (Å²) in [6, 6.07) is 7.51. The Morgan fingerprint density at radius 2 is 2.13 bits per heavy atom.